The molecule has 0 N–H and O–H groups in total. The van der Waals surface area contributed by atoms with E-state index in [9.17, 15) is 4.79 Å². The molecular formula is C12H13IO3. The predicted molar refractivity (Wildman–Crippen MR) is 68.6 cm³/mol. The standard InChI is InChI=1S/C12H13IO3/c1-15-11-3-2-8(13)6-10(11)12-7-9(14)4-5-16-12/h2-3,6,12H,4-5,7H2,1H3. The number of halogens is 1. The molecule has 1 aromatic rings. The normalized spacial score (nSPS) is 20.9. The van der Waals surface area contributed by atoms with Gasteiger partial charge in [-0.2, -0.15) is 0 Å². The van der Waals surface area contributed by atoms with Crippen molar-refractivity contribution < 1.29 is 14.3 Å². The van der Waals surface area contributed by atoms with Gasteiger partial charge in [-0.25, -0.2) is 0 Å². The van der Waals surface area contributed by atoms with Crippen LogP contribution in [0.3, 0.4) is 0 Å². The van der Waals surface area contributed by atoms with Crippen LogP contribution >= 0.6 is 22.6 Å². The van der Waals surface area contributed by atoms with Crippen molar-refractivity contribution in [1.29, 1.82) is 0 Å². The minimum atomic E-state index is -0.147. The molecule has 16 heavy (non-hydrogen) atoms. The first-order chi connectivity index (χ1) is 7.70. The maximum atomic E-state index is 11.4. The molecule has 1 aliphatic heterocycles. The van der Waals surface area contributed by atoms with Crippen LogP contribution in [0.25, 0.3) is 0 Å². The first-order valence-electron chi connectivity index (χ1n) is 5.17. The topological polar surface area (TPSA) is 35.5 Å². The molecule has 1 atom stereocenters. The number of methoxy groups -OCH3 is 1. The summed E-state index contributed by atoms with van der Waals surface area (Å²) in [6.45, 7) is 0.512. The quantitative estimate of drug-likeness (QED) is 0.782. The van der Waals surface area contributed by atoms with Crippen molar-refractivity contribution in [2.75, 3.05) is 13.7 Å². The first-order valence-corrected chi connectivity index (χ1v) is 6.25. The van der Waals surface area contributed by atoms with Gasteiger partial charge in [0.05, 0.1) is 19.8 Å². The Balaban J connectivity index is 2.30. The van der Waals surface area contributed by atoms with Crippen molar-refractivity contribution in [3.05, 3.63) is 27.3 Å². The Hall–Kier alpha value is -0.620. The van der Waals surface area contributed by atoms with Gasteiger partial charge in [-0.1, -0.05) is 0 Å². The van der Waals surface area contributed by atoms with E-state index in [1.807, 2.05) is 18.2 Å². The Labute approximate surface area is 108 Å². The van der Waals surface area contributed by atoms with Crippen LogP contribution in [0, 0.1) is 3.57 Å². The Morgan fingerprint density at radius 1 is 1.50 bits per heavy atom. The van der Waals surface area contributed by atoms with Crippen LogP contribution in [-0.4, -0.2) is 19.5 Å². The lowest BCUT2D eigenvalue weighted by atomic mass is 10.00. The van der Waals surface area contributed by atoms with Gasteiger partial charge >= 0.3 is 0 Å². The van der Waals surface area contributed by atoms with Crippen molar-refractivity contribution in [3.8, 4) is 5.75 Å². The summed E-state index contributed by atoms with van der Waals surface area (Å²) >= 11 is 2.24. The fourth-order valence-electron chi connectivity index (χ4n) is 1.84. The number of benzene rings is 1. The zero-order valence-electron chi connectivity index (χ0n) is 9.03. The van der Waals surface area contributed by atoms with Gasteiger partial charge in [0.2, 0.25) is 0 Å². The summed E-state index contributed by atoms with van der Waals surface area (Å²) in [5.74, 6) is 1.05. The van der Waals surface area contributed by atoms with Gasteiger partial charge in [-0.05, 0) is 40.8 Å². The van der Waals surface area contributed by atoms with Crippen LogP contribution in [0.5, 0.6) is 5.75 Å². The highest BCUT2D eigenvalue weighted by Crippen LogP contribution is 2.33. The number of Topliss-reactive ketones (excluding diaryl/α,β-unsaturated/α-hetero) is 1. The SMILES string of the molecule is COc1ccc(I)cc1C1CC(=O)CCO1. The fraction of sp³-hybridized carbons (Fsp3) is 0.417. The lowest BCUT2D eigenvalue weighted by Crippen LogP contribution is -2.20. The molecule has 0 radical (unpaired) electrons. The Kier molecular flexibility index (Phi) is 3.81. The van der Waals surface area contributed by atoms with Gasteiger partial charge in [-0.3, -0.25) is 4.79 Å². The average Bonchev–Trinajstić information content (AvgIpc) is 2.29. The third-order valence-electron chi connectivity index (χ3n) is 2.65. The van der Waals surface area contributed by atoms with Crippen molar-refractivity contribution in [2.24, 2.45) is 0 Å². The Morgan fingerprint density at radius 3 is 3.00 bits per heavy atom. The summed E-state index contributed by atoms with van der Waals surface area (Å²) in [6.07, 6.45) is 0.838. The minimum Gasteiger partial charge on any atom is -0.496 e. The van der Waals surface area contributed by atoms with E-state index in [-0.39, 0.29) is 11.9 Å². The molecule has 1 heterocycles. The summed E-state index contributed by atoms with van der Waals surface area (Å²) < 4.78 is 12.0. The lowest BCUT2D eigenvalue weighted by molar-refractivity contribution is -0.128. The number of carbonyl (C=O) groups is 1. The molecule has 2 rings (SSSR count). The highest BCUT2D eigenvalue weighted by Gasteiger charge is 2.24. The molecule has 0 aromatic heterocycles. The van der Waals surface area contributed by atoms with E-state index < -0.39 is 0 Å². The Bertz CT molecular complexity index is 403. The molecule has 1 saturated heterocycles. The molecule has 3 nitrogen and oxygen atoms in total. The molecule has 0 aliphatic carbocycles. The minimum absolute atomic E-state index is 0.147. The third kappa shape index (κ3) is 2.55. The molecule has 1 fully saturated rings. The summed E-state index contributed by atoms with van der Waals surface area (Å²) in [5, 5.41) is 0. The van der Waals surface area contributed by atoms with Gasteiger partial charge in [0, 0.05) is 22.0 Å². The second kappa shape index (κ2) is 5.14. The molecule has 0 bridgehead atoms. The van der Waals surface area contributed by atoms with Gasteiger partial charge in [0.25, 0.3) is 0 Å². The maximum Gasteiger partial charge on any atom is 0.138 e. The van der Waals surface area contributed by atoms with Crippen LogP contribution < -0.4 is 4.74 Å². The van der Waals surface area contributed by atoms with E-state index >= 15 is 0 Å². The number of carbonyl (C=O) groups excluding carboxylic acids is 1. The van der Waals surface area contributed by atoms with E-state index in [1.165, 1.54) is 0 Å². The van der Waals surface area contributed by atoms with E-state index in [1.54, 1.807) is 7.11 Å². The highest BCUT2D eigenvalue weighted by molar-refractivity contribution is 14.1. The molecule has 0 amide bonds. The van der Waals surface area contributed by atoms with E-state index in [0.29, 0.717) is 19.4 Å². The monoisotopic (exact) mass is 332 g/mol. The molecule has 1 unspecified atom stereocenters. The molecular weight excluding hydrogens is 319 g/mol. The molecule has 86 valence electrons. The van der Waals surface area contributed by atoms with Crippen molar-refractivity contribution in [3.63, 3.8) is 0 Å². The van der Waals surface area contributed by atoms with E-state index in [4.69, 9.17) is 9.47 Å². The van der Waals surface area contributed by atoms with Crippen LogP contribution in [0.1, 0.15) is 24.5 Å². The summed E-state index contributed by atoms with van der Waals surface area (Å²) in [6, 6.07) is 5.91. The molecule has 1 aliphatic rings. The van der Waals surface area contributed by atoms with Crippen LogP contribution in [0.15, 0.2) is 18.2 Å². The maximum absolute atomic E-state index is 11.4. The van der Waals surface area contributed by atoms with Crippen molar-refractivity contribution in [1.82, 2.24) is 0 Å². The fourth-order valence-corrected chi connectivity index (χ4v) is 2.35. The zero-order valence-corrected chi connectivity index (χ0v) is 11.2. The number of hydrogen-bond donors (Lipinski definition) is 0. The molecule has 4 heteroatoms. The summed E-state index contributed by atoms with van der Waals surface area (Å²) in [4.78, 5) is 11.4. The smallest absolute Gasteiger partial charge is 0.138 e. The second-order valence-electron chi connectivity index (χ2n) is 3.74. The van der Waals surface area contributed by atoms with Gasteiger partial charge < -0.3 is 9.47 Å². The predicted octanol–water partition coefficient (Wildman–Crippen LogP) is 2.72. The second-order valence-corrected chi connectivity index (χ2v) is 4.98. The third-order valence-corrected chi connectivity index (χ3v) is 3.32. The molecule has 0 spiro atoms. The summed E-state index contributed by atoms with van der Waals surface area (Å²) in [5.41, 5.74) is 0.974. The number of rotatable bonds is 2. The number of ether oxygens (including phenoxy) is 2. The first kappa shape index (κ1) is 11.9. The van der Waals surface area contributed by atoms with Gasteiger partial charge in [-0.15, -0.1) is 0 Å². The lowest BCUT2D eigenvalue weighted by Gasteiger charge is -2.23. The van der Waals surface area contributed by atoms with Gasteiger partial charge in [0.15, 0.2) is 0 Å². The van der Waals surface area contributed by atoms with Crippen molar-refractivity contribution >= 4 is 28.4 Å². The molecule has 1 aromatic carbocycles. The average molecular weight is 332 g/mol. The van der Waals surface area contributed by atoms with Gasteiger partial charge in [0.1, 0.15) is 11.5 Å². The highest BCUT2D eigenvalue weighted by atomic mass is 127. The zero-order chi connectivity index (χ0) is 11.5. The number of ketones is 1. The van der Waals surface area contributed by atoms with Crippen molar-refractivity contribution in [2.45, 2.75) is 18.9 Å². The van der Waals surface area contributed by atoms with E-state index in [0.717, 1.165) is 14.9 Å². The van der Waals surface area contributed by atoms with Crippen LogP contribution in [0.2, 0.25) is 0 Å². The Morgan fingerprint density at radius 2 is 2.31 bits per heavy atom. The summed E-state index contributed by atoms with van der Waals surface area (Å²) in [7, 11) is 1.64. The van der Waals surface area contributed by atoms with E-state index in [2.05, 4.69) is 22.6 Å². The molecule has 0 saturated carbocycles. The van der Waals surface area contributed by atoms with Crippen LogP contribution in [0.4, 0.5) is 0 Å². The largest absolute Gasteiger partial charge is 0.496 e. The number of hydrogen-bond acceptors (Lipinski definition) is 3. The van der Waals surface area contributed by atoms with Crippen LogP contribution in [-0.2, 0) is 9.53 Å².